The van der Waals surface area contributed by atoms with E-state index < -0.39 is 32.7 Å². The molecule has 0 spiro atoms. The van der Waals surface area contributed by atoms with E-state index in [2.05, 4.69) is 5.32 Å². The number of hydrogen-bond acceptors (Lipinski definition) is 3. The van der Waals surface area contributed by atoms with Gasteiger partial charge >= 0.3 is 0 Å². The van der Waals surface area contributed by atoms with Crippen molar-refractivity contribution in [3.8, 4) is 0 Å². The number of benzene rings is 1. The fraction of sp³-hybridized carbons (Fsp3) is 0.500. The van der Waals surface area contributed by atoms with Crippen molar-refractivity contribution in [2.45, 2.75) is 32.1 Å². The Morgan fingerprint density at radius 3 is 2.05 bits per heavy atom. The monoisotopic (exact) mass is 310 g/mol. The molecule has 1 atom stereocenters. The van der Waals surface area contributed by atoms with Crippen LogP contribution >= 0.6 is 0 Å². The van der Waals surface area contributed by atoms with Crippen LogP contribution in [0, 0.1) is 17.5 Å². The molecule has 1 rings (SSSR count). The van der Waals surface area contributed by atoms with Gasteiger partial charge in [0.2, 0.25) is 10.0 Å². The number of anilines is 1. The second-order valence-corrected chi connectivity index (χ2v) is 6.87. The maximum absolute atomic E-state index is 13.0. The van der Waals surface area contributed by atoms with Crippen molar-refractivity contribution in [3.05, 3.63) is 29.6 Å². The second kappa shape index (κ2) is 6.45. The average Bonchev–Trinajstić information content (AvgIpc) is 2.32. The Morgan fingerprint density at radius 2 is 1.60 bits per heavy atom. The molecular formula is C12H17F3N2O2S. The van der Waals surface area contributed by atoms with Crippen molar-refractivity contribution in [1.29, 1.82) is 0 Å². The van der Waals surface area contributed by atoms with Crippen molar-refractivity contribution >= 4 is 15.7 Å². The Bertz CT molecular complexity index is 553. The summed E-state index contributed by atoms with van der Waals surface area (Å²) in [5, 5.41) is 2.12. The van der Waals surface area contributed by atoms with Gasteiger partial charge in [-0.3, -0.25) is 4.72 Å². The third-order valence-corrected chi connectivity index (χ3v) is 4.33. The first-order valence-electron chi connectivity index (χ1n) is 6.03. The van der Waals surface area contributed by atoms with Gasteiger partial charge in [-0.05, 0) is 6.92 Å². The fourth-order valence-electron chi connectivity index (χ4n) is 1.39. The van der Waals surface area contributed by atoms with Gasteiger partial charge < -0.3 is 5.32 Å². The van der Waals surface area contributed by atoms with Crippen molar-refractivity contribution in [3.63, 3.8) is 0 Å². The molecule has 1 unspecified atom stereocenters. The standard InChI is InChI=1S/C12H17F3N2O2S/c1-7(2)16-6-8(3)20(18,19)17-9-4-10(13)12(15)11(14)5-9/h4-5,7-8,16-17H,6H2,1-3H3. The number of nitrogens with one attached hydrogen (secondary N) is 2. The fourth-order valence-corrected chi connectivity index (χ4v) is 2.35. The Morgan fingerprint density at radius 1 is 1.10 bits per heavy atom. The van der Waals surface area contributed by atoms with Crippen LogP contribution in [0.3, 0.4) is 0 Å². The van der Waals surface area contributed by atoms with Crippen LogP contribution < -0.4 is 10.0 Å². The van der Waals surface area contributed by atoms with Gasteiger partial charge in [0.05, 0.1) is 10.9 Å². The smallest absolute Gasteiger partial charge is 0.236 e. The molecule has 0 aromatic heterocycles. The summed E-state index contributed by atoms with van der Waals surface area (Å²) in [7, 11) is -3.82. The van der Waals surface area contributed by atoms with E-state index in [-0.39, 0.29) is 18.3 Å². The number of halogens is 3. The summed E-state index contributed by atoms with van der Waals surface area (Å²) in [4.78, 5) is 0. The molecule has 0 radical (unpaired) electrons. The van der Waals surface area contributed by atoms with E-state index in [0.717, 1.165) is 0 Å². The van der Waals surface area contributed by atoms with Gasteiger partial charge in [0, 0.05) is 24.7 Å². The molecule has 0 aliphatic heterocycles. The van der Waals surface area contributed by atoms with Gasteiger partial charge in [-0.2, -0.15) is 0 Å². The molecule has 20 heavy (non-hydrogen) atoms. The molecule has 0 heterocycles. The van der Waals surface area contributed by atoms with E-state index in [1.807, 2.05) is 18.6 Å². The van der Waals surface area contributed by atoms with Crippen LogP contribution in [0.25, 0.3) is 0 Å². The van der Waals surface area contributed by atoms with Gasteiger partial charge in [0.1, 0.15) is 0 Å². The highest BCUT2D eigenvalue weighted by Crippen LogP contribution is 2.19. The zero-order chi connectivity index (χ0) is 15.5. The molecule has 1 aromatic carbocycles. The van der Waals surface area contributed by atoms with Crippen molar-refractivity contribution in [2.75, 3.05) is 11.3 Å². The average molecular weight is 310 g/mol. The summed E-state index contributed by atoms with van der Waals surface area (Å²) in [6.07, 6.45) is 0. The molecule has 1 aromatic rings. The van der Waals surface area contributed by atoms with Crippen LogP contribution in [0.2, 0.25) is 0 Å². The highest BCUT2D eigenvalue weighted by molar-refractivity contribution is 7.93. The molecular weight excluding hydrogens is 293 g/mol. The first kappa shape index (κ1) is 16.8. The lowest BCUT2D eigenvalue weighted by atomic mass is 10.3. The largest absolute Gasteiger partial charge is 0.313 e. The van der Waals surface area contributed by atoms with Crippen molar-refractivity contribution in [1.82, 2.24) is 5.32 Å². The molecule has 0 aliphatic carbocycles. The highest BCUT2D eigenvalue weighted by Gasteiger charge is 2.22. The SMILES string of the molecule is CC(C)NCC(C)S(=O)(=O)Nc1cc(F)c(F)c(F)c1. The predicted octanol–water partition coefficient (Wildman–Crippen LogP) is 2.23. The third-order valence-electron chi connectivity index (χ3n) is 2.59. The minimum absolute atomic E-state index is 0.105. The van der Waals surface area contributed by atoms with E-state index in [1.165, 1.54) is 6.92 Å². The summed E-state index contributed by atoms with van der Waals surface area (Å²) in [6.45, 7) is 5.35. The lowest BCUT2D eigenvalue weighted by Crippen LogP contribution is -2.37. The summed E-state index contributed by atoms with van der Waals surface area (Å²) >= 11 is 0. The van der Waals surface area contributed by atoms with Gasteiger partial charge in [0.25, 0.3) is 0 Å². The summed E-state index contributed by atoms with van der Waals surface area (Å²) in [5.74, 6) is -4.53. The maximum Gasteiger partial charge on any atom is 0.236 e. The third kappa shape index (κ3) is 4.38. The van der Waals surface area contributed by atoms with Crippen LogP contribution in [-0.2, 0) is 10.0 Å². The number of rotatable bonds is 6. The molecule has 4 nitrogen and oxygen atoms in total. The summed E-state index contributed by atoms with van der Waals surface area (Å²) < 4.78 is 64.7. The highest BCUT2D eigenvalue weighted by atomic mass is 32.2. The predicted molar refractivity (Wildman–Crippen MR) is 71.5 cm³/mol. The molecule has 0 bridgehead atoms. The molecule has 0 amide bonds. The van der Waals surface area contributed by atoms with E-state index in [1.54, 1.807) is 0 Å². The molecule has 114 valence electrons. The zero-order valence-corrected chi connectivity index (χ0v) is 12.2. The first-order valence-corrected chi connectivity index (χ1v) is 7.57. The van der Waals surface area contributed by atoms with Crippen LogP contribution in [0.1, 0.15) is 20.8 Å². The first-order chi connectivity index (χ1) is 9.13. The minimum Gasteiger partial charge on any atom is -0.313 e. The van der Waals surface area contributed by atoms with E-state index in [0.29, 0.717) is 12.1 Å². The topological polar surface area (TPSA) is 58.2 Å². The Kier molecular flexibility index (Phi) is 5.41. The Balaban J connectivity index is 2.86. The van der Waals surface area contributed by atoms with E-state index >= 15 is 0 Å². The maximum atomic E-state index is 13.0. The number of hydrogen-bond donors (Lipinski definition) is 2. The van der Waals surface area contributed by atoms with Crippen LogP contribution in [0.4, 0.5) is 18.9 Å². The normalized spacial score (nSPS) is 13.6. The molecule has 2 N–H and O–H groups in total. The van der Waals surface area contributed by atoms with Gasteiger partial charge in [-0.15, -0.1) is 0 Å². The Labute approximate surface area is 116 Å². The van der Waals surface area contributed by atoms with Gasteiger partial charge in [-0.25, -0.2) is 21.6 Å². The zero-order valence-electron chi connectivity index (χ0n) is 11.4. The molecule has 0 aliphatic rings. The van der Waals surface area contributed by atoms with E-state index in [9.17, 15) is 21.6 Å². The lowest BCUT2D eigenvalue weighted by Gasteiger charge is -2.17. The number of sulfonamides is 1. The van der Waals surface area contributed by atoms with Crippen LogP contribution in [0.15, 0.2) is 12.1 Å². The van der Waals surface area contributed by atoms with Crippen molar-refractivity contribution in [2.24, 2.45) is 0 Å². The quantitative estimate of drug-likeness (QED) is 0.792. The molecule has 0 fully saturated rings. The molecule has 0 saturated carbocycles. The molecule has 0 saturated heterocycles. The minimum atomic E-state index is -3.82. The molecule has 8 heteroatoms. The van der Waals surface area contributed by atoms with E-state index in [4.69, 9.17) is 0 Å². The second-order valence-electron chi connectivity index (χ2n) is 4.77. The van der Waals surface area contributed by atoms with Crippen LogP contribution in [0.5, 0.6) is 0 Å². The summed E-state index contributed by atoms with van der Waals surface area (Å²) in [5.41, 5.74) is -0.349. The van der Waals surface area contributed by atoms with Crippen molar-refractivity contribution < 1.29 is 21.6 Å². The van der Waals surface area contributed by atoms with Gasteiger partial charge in [-0.1, -0.05) is 13.8 Å². The summed E-state index contributed by atoms with van der Waals surface area (Å²) in [6, 6.07) is 1.30. The van der Waals surface area contributed by atoms with Gasteiger partial charge in [0.15, 0.2) is 17.5 Å². The lowest BCUT2D eigenvalue weighted by molar-refractivity contribution is 0.448. The Hall–Kier alpha value is -1.28. The van der Waals surface area contributed by atoms with Crippen LogP contribution in [-0.4, -0.2) is 26.3 Å².